The van der Waals surface area contributed by atoms with Crippen LogP contribution in [0.2, 0.25) is 0 Å². The standard InChI is InChI=1S/C22H38N4O2/c1-4-23-21(25-18-22(14-17-28-3)12-5-6-13-22)24-15-7-8-16-26-19(2)10-9-11-20(26)27/h9-11H,4-8,12-18H2,1-3H3,(H2,23,24,25). The quantitative estimate of drug-likeness (QED) is 0.346. The van der Waals surface area contributed by atoms with Crippen LogP contribution in [0.15, 0.2) is 28.0 Å². The van der Waals surface area contributed by atoms with Crippen LogP contribution in [-0.4, -0.2) is 43.9 Å². The summed E-state index contributed by atoms with van der Waals surface area (Å²) < 4.78 is 7.17. The number of unbranched alkanes of at least 4 members (excludes halogenated alkanes) is 1. The summed E-state index contributed by atoms with van der Waals surface area (Å²) in [5.74, 6) is 0.902. The molecule has 1 heterocycles. The Bertz CT molecular complexity index is 663. The lowest BCUT2D eigenvalue weighted by Gasteiger charge is -2.27. The van der Waals surface area contributed by atoms with Crippen LogP contribution >= 0.6 is 0 Å². The third kappa shape index (κ3) is 6.97. The second-order valence-corrected chi connectivity index (χ2v) is 7.94. The predicted molar refractivity (Wildman–Crippen MR) is 116 cm³/mol. The lowest BCUT2D eigenvalue weighted by molar-refractivity contribution is 0.141. The topological polar surface area (TPSA) is 67.7 Å². The fourth-order valence-electron chi connectivity index (χ4n) is 4.03. The second kappa shape index (κ2) is 11.9. The Morgan fingerprint density at radius 2 is 2.04 bits per heavy atom. The number of rotatable bonds is 11. The van der Waals surface area contributed by atoms with Crippen molar-refractivity contribution in [1.82, 2.24) is 15.2 Å². The maximum absolute atomic E-state index is 11.9. The van der Waals surface area contributed by atoms with E-state index in [1.54, 1.807) is 13.2 Å². The van der Waals surface area contributed by atoms with Gasteiger partial charge in [-0.3, -0.25) is 9.79 Å². The number of aryl methyl sites for hydroxylation is 1. The van der Waals surface area contributed by atoms with Crippen molar-refractivity contribution in [2.45, 2.75) is 65.3 Å². The Balaban J connectivity index is 1.80. The molecule has 1 saturated carbocycles. The molecule has 0 atom stereocenters. The number of hydrogen-bond acceptors (Lipinski definition) is 3. The first-order chi connectivity index (χ1) is 13.6. The van der Waals surface area contributed by atoms with Crippen LogP contribution in [0.5, 0.6) is 0 Å². The number of aliphatic imine (C=N–C) groups is 1. The molecule has 0 bridgehead atoms. The first-order valence-electron chi connectivity index (χ1n) is 10.8. The third-order valence-electron chi connectivity index (χ3n) is 5.79. The molecule has 1 aliphatic rings. The molecule has 28 heavy (non-hydrogen) atoms. The first kappa shape index (κ1) is 22.5. The van der Waals surface area contributed by atoms with Gasteiger partial charge >= 0.3 is 0 Å². The van der Waals surface area contributed by atoms with E-state index in [4.69, 9.17) is 9.73 Å². The van der Waals surface area contributed by atoms with E-state index < -0.39 is 0 Å². The fourth-order valence-corrected chi connectivity index (χ4v) is 4.03. The Labute approximate surface area is 169 Å². The molecule has 0 aromatic carbocycles. The Morgan fingerprint density at radius 1 is 1.25 bits per heavy atom. The molecule has 0 unspecified atom stereocenters. The summed E-state index contributed by atoms with van der Waals surface area (Å²) in [6, 6.07) is 5.43. The number of pyridine rings is 1. The highest BCUT2D eigenvalue weighted by molar-refractivity contribution is 5.79. The van der Waals surface area contributed by atoms with Crippen LogP contribution in [0.3, 0.4) is 0 Å². The van der Waals surface area contributed by atoms with Crippen molar-refractivity contribution in [3.05, 3.63) is 34.2 Å². The first-order valence-corrected chi connectivity index (χ1v) is 10.8. The number of guanidine groups is 1. The molecule has 1 fully saturated rings. The molecule has 0 saturated heterocycles. The van der Waals surface area contributed by atoms with Crippen molar-refractivity contribution >= 4 is 5.96 Å². The van der Waals surface area contributed by atoms with Gasteiger partial charge in [-0.2, -0.15) is 0 Å². The number of hydrogen-bond donors (Lipinski definition) is 2. The Hall–Kier alpha value is -1.82. The average molecular weight is 391 g/mol. The van der Waals surface area contributed by atoms with Gasteiger partial charge in [0.25, 0.3) is 5.56 Å². The fraction of sp³-hybridized carbons (Fsp3) is 0.727. The minimum Gasteiger partial charge on any atom is -0.385 e. The average Bonchev–Trinajstić information content (AvgIpc) is 3.15. The van der Waals surface area contributed by atoms with Crippen molar-refractivity contribution in [3.8, 4) is 0 Å². The lowest BCUT2D eigenvalue weighted by Crippen LogP contribution is -2.39. The molecule has 6 heteroatoms. The molecule has 0 spiro atoms. The van der Waals surface area contributed by atoms with E-state index in [1.807, 2.05) is 23.6 Å². The van der Waals surface area contributed by atoms with Crippen molar-refractivity contribution < 1.29 is 4.74 Å². The SMILES string of the molecule is CCNC(=NCC1(CCOC)CCCC1)NCCCCn1c(C)cccc1=O. The van der Waals surface area contributed by atoms with E-state index in [-0.39, 0.29) is 5.56 Å². The summed E-state index contributed by atoms with van der Waals surface area (Å²) in [6.07, 6.45) is 8.18. The molecule has 1 aromatic rings. The highest BCUT2D eigenvalue weighted by atomic mass is 16.5. The van der Waals surface area contributed by atoms with Crippen LogP contribution in [-0.2, 0) is 11.3 Å². The monoisotopic (exact) mass is 390 g/mol. The number of nitrogens with zero attached hydrogens (tertiary/aromatic N) is 2. The van der Waals surface area contributed by atoms with Gasteiger partial charge in [-0.1, -0.05) is 18.9 Å². The number of methoxy groups -OCH3 is 1. The van der Waals surface area contributed by atoms with Gasteiger partial charge in [-0.05, 0) is 57.4 Å². The summed E-state index contributed by atoms with van der Waals surface area (Å²) in [6.45, 7) is 8.24. The molecule has 158 valence electrons. The highest BCUT2D eigenvalue weighted by Gasteiger charge is 2.33. The molecule has 0 radical (unpaired) electrons. The third-order valence-corrected chi connectivity index (χ3v) is 5.79. The van der Waals surface area contributed by atoms with Crippen LogP contribution in [0.4, 0.5) is 0 Å². The molecule has 2 N–H and O–H groups in total. The maximum Gasteiger partial charge on any atom is 0.250 e. The molecular formula is C22H38N4O2. The number of aromatic nitrogens is 1. The summed E-state index contributed by atoms with van der Waals surface area (Å²) in [7, 11) is 1.78. The van der Waals surface area contributed by atoms with Crippen LogP contribution in [0.1, 0.15) is 57.6 Å². The van der Waals surface area contributed by atoms with Gasteiger partial charge in [-0.15, -0.1) is 0 Å². The Kier molecular flexibility index (Phi) is 9.55. The van der Waals surface area contributed by atoms with Crippen LogP contribution < -0.4 is 16.2 Å². The number of ether oxygens (including phenoxy) is 1. The Morgan fingerprint density at radius 3 is 2.71 bits per heavy atom. The van der Waals surface area contributed by atoms with Crippen molar-refractivity contribution in [3.63, 3.8) is 0 Å². The molecule has 1 aliphatic carbocycles. The van der Waals surface area contributed by atoms with Gasteiger partial charge in [0.15, 0.2) is 5.96 Å². The van der Waals surface area contributed by atoms with E-state index >= 15 is 0 Å². The van der Waals surface area contributed by atoms with Gasteiger partial charge in [0, 0.05) is 51.7 Å². The second-order valence-electron chi connectivity index (χ2n) is 7.94. The maximum atomic E-state index is 11.9. The number of nitrogens with one attached hydrogen (secondary N) is 2. The normalized spacial score (nSPS) is 16.3. The lowest BCUT2D eigenvalue weighted by atomic mass is 9.83. The van der Waals surface area contributed by atoms with Crippen LogP contribution in [0.25, 0.3) is 0 Å². The van der Waals surface area contributed by atoms with Gasteiger partial charge in [-0.25, -0.2) is 0 Å². The predicted octanol–water partition coefficient (Wildman–Crippen LogP) is 3.09. The molecule has 0 amide bonds. The van der Waals surface area contributed by atoms with E-state index in [0.717, 1.165) is 63.7 Å². The zero-order valence-electron chi connectivity index (χ0n) is 17.9. The zero-order valence-corrected chi connectivity index (χ0v) is 17.9. The molecule has 1 aromatic heterocycles. The largest absolute Gasteiger partial charge is 0.385 e. The highest BCUT2D eigenvalue weighted by Crippen LogP contribution is 2.41. The van der Waals surface area contributed by atoms with Crippen molar-refractivity contribution in [2.24, 2.45) is 10.4 Å². The molecule has 2 rings (SSSR count). The smallest absolute Gasteiger partial charge is 0.250 e. The van der Waals surface area contributed by atoms with E-state index in [2.05, 4.69) is 17.6 Å². The van der Waals surface area contributed by atoms with E-state index in [0.29, 0.717) is 5.41 Å². The summed E-state index contributed by atoms with van der Waals surface area (Å²) >= 11 is 0. The van der Waals surface area contributed by atoms with Gasteiger partial charge < -0.3 is 19.9 Å². The van der Waals surface area contributed by atoms with Gasteiger partial charge in [0.05, 0.1) is 0 Å². The van der Waals surface area contributed by atoms with Crippen molar-refractivity contribution in [2.75, 3.05) is 33.4 Å². The molecule has 0 aliphatic heterocycles. The van der Waals surface area contributed by atoms with Crippen LogP contribution in [0, 0.1) is 12.3 Å². The van der Waals surface area contributed by atoms with E-state index in [9.17, 15) is 4.79 Å². The van der Waals surface area contributed by atoms with Gasteiger partial charge in [0.1, 0.15) is 0 Å². The zero-order chi connectivity index (χ0) is 20.2. The minimum atomic E-state index is 0.0841. The summed E-state index contributed by atoms with van der Waals surface area (Å²) in [4.78, 5) is 16.8. The molecule has 6 nitrogen and oxygen atoms in total. The summed E-state index contributed by atoms with van der Waals surface area (Å²) in [5.41, 5.74) is 1.42. The molecular weight excluding hydrogens is 352 g/mol. The van der Waals surface area contributed by atoms with Gasteiger partial charge in [0.2, 0.25) is 0 Å². The van der Waals surface area contributed by atoms with E-state index in [1.165, 1.54) is 25.7 Å². The summed E-state index contributed by atoms with van der Waals surface area (Å²) in [5, 5.41) is 6.81. The van der Waals surface area contributed by atoms with Crippen molar-refractivity contribution in [1.29, 1.82) is 0 Å². The minimum absolute atomic E-state index is 0.0841.